The third-order valence-corrected chi connectivity index (χ3v) is 4.56. The SMILES string of the molecule is COC(=O)c1cc(C(=O)OC)cc(N(Cc2ccccc2)Cc2ccccc2)c1. The van der Waals surface area contributed by atoms with Gasteiger partial charge in [0.05, 0.1) is 25.3 Å². The molecule has 0 atom stereocenters. The lowest BCUT2D eigenvalue weighted by Crippen LogP contribution is -2.23. The van der Waals surface area contributed by atoms with Gasteiger partial charge in [-0.05, 0) is 29.3 Å². The van der Waals surface area contributed by atoms with Crippen LogP contribution in [0.15, 0.2) is 78.9 Å². The van der Waals surface area contributed by atoms with E-state index in [9.17, 15) is 9.59 Å². The average Bonchev–Trinajstić information content (AvgIpc) is 2.78. The molecule has 0 aliphatic heterocycles. The number of hydrogen-bond acceptors (Lipinski definition) is 5. The Morgan fingerprint density at radius 2 is 1.10 bits per heavy atom. The molecule has 0 saturated heterocycles. The molecule has 0 aliphatic carbocycles. The van der Waals surface area contributed by atoms with E-state index >= 15 is 0 Å². The third kappa shape index (κ3) is 5.23. The molecule has 3 rings (SSSR count). The topological polar surface area (TPSA) is 55.8 Å². The molecule has 0 fully saturated rings. The molecule has 5 nitrogen and oxygen atoms in total. The zero-order valence-corrected chi connectivity index (χ0v) is 16.5. The number of methoxy groups -OCH3 is 2. The maximum atomic E-state index is 12.2. The Morgan fingerprint density at radius 3 is 1.48 bits per heavy atom. The van der Waals surface area contributed by atoms with Crippen molar-refractivity contribution in [2.24, 2.45) is 0 Å². The molecule has 0 N–H and O–H groups in total. The largest absolute Gasteiger partial charge is 0.465 e. The predicted octanol–water partition coefficient (Wildman–Crippen LogP) is 4.47. The molecule has 0 amide bonds. The van der Waals surface area contributed by atoms with Crippen molar-refractivity contribution < 1.29 is 19.1 Å². The van der Waals surface area contributed by atoms with Crippen LogP contribution in [0.1, 0.15) is 31.8 Å². The summed E-state index contributed by atoms with van der Waals surface area (Å²) in [4.78, 5) is 26.5. The van der Waals surface area contributed by atoms with Gasteiger partial charge in [-0.15, -0.1) is 0 Å². The van der Waals surface area contributed by atoms with Crippen LogP contribution in [-0.4, -0.2) is 26.2 Å². The van der Waals surface area contributed by atoms with Crippen molar-refractivity contribution in [2.45, 2.75) is 13.1 Å². The Labute approximate surface area is 170 Å². The van der Waals surface area contributed by atoms with E-state index in [4.69, 9.17) is 9.47 Å². The minimum Gasteiger partial charge on any atom is -0.465 e. The van der Waals surface area contributed by atoms with Crippen molar-refractivity contribution >= 4 is 17.6 Å². The molecule has 0 saturated carbocycles. The molecule has 0 spiro atoms. The number of hydrogen-bond donors (Lipinski definition) is 0. The zero-order chi connectivity index (χ0) is 20.6. The Morgan fingerprint density at radius 1 is 0.690 bits per heavy atom. The first-order chi connectivity index (χ1) is 14.1. The van der Waals surface area contributed by atoms with Crippen LogP contribution >= 0.6 is 0 Å². The number of anilines is 1. The summed E-state index contributed by atoms with van der Waals surface area (Å²) in [6.07, 6.45) is 0. The Bertz CT molecular complexity index is 895. The zero-order valence-electron chi connectivity index (χ0n) is 16.5. The number of nitrogens with zero attached hydrogens (tertiary/aromatic N) is 1. The van der Waals surface area contributed by atoms with Crippen molar-refractivity contribution in [1.82, 2.24) is 0 Å². The highest BCUT2D eigenvalue weighted by Crippen LogP contribution is 2.25. The second-order valence-corrected chi connectivity index (χ2v) is 6.58. The van der Waals surface area contributed by atoms with Crippen molar-refractivity contribution in [2.75, 3.05) is 19.1 Å². The molecule has 0 aromatic heterocycles. The smallest absolute Gasteiger partial charge is 0.337 e. The van der Waals surface area contributed by atoms with Crippen molar-refractivity contribution in [3.63, 3.8) is 0 Å². The predicted molar refractivity (Wildman–Crippen MR) is 112 cm³/mol. The number of carbonyl (C=O) groups excluding carboxylic acids is 2. The summed E-state index contributed by atoms with van der Waals surface area (Å²) in [5.74, 6) is -1.01. The van der Waals surface area contributed by atoms with Crippen LogP contribution in [0, 0.1) is 0 Å². The monoisotopic (exact) mass is 389 g/mol. The summed E-state index contributed by atoms with van der Waals surface area (Å²) in [6, 6.07) is 25.0. The number of esters is 2. The maximum absolute atomic E-state index is 12.2. The van der Waals surface area contributed by atoms with Crippen molar-refractivity contribution in [3.8, 4) is 0 Å². The van der Waals surface area contributed by atoms with Gasteiger partial charge in [0.2, 0.25) is 0 Å². The molecule has 148 valence electrons. The van der Waals surface area contributed by atoms with Gasteiger partial charge in [0.1, 0.15) is 0 Å². The lowest BCUT2D eigenvalue weighted by Gasteiger charge is -2.26. The molecule has 5 heteroatoms. The van der Waals surface area contributed by atoms with E-state index in [1.54, 1.807) is 12.1 Å². The molecule has 29 heavy (non-hydrogen) atoms. The van der Waals surface area contributed by atoms with Crippen LogP contribution in [0.4, 0.5) is 5.69 Å². The van der Waals surface area contributed by atoms with Gasteiger partial charge in [0.15, 0.2) is 0 Å². The molecule has 0 radical (unpaired) electrons. The lowest BCUT2D eigenvalue weighted by molar-refractivity contribution is 0.0599. The van der Waals surface area contributed by atoms with Gasteiger partial charge in [-0.2, -0.15) is 0 Å². The highest BCUT2D eigenvalue weighted by molar-refractivity contribution is 5.97. The summed E-state index contributed by atoms with van der Waals surface area (Å²) < 4.78 is 9.73. The minimum absolute atomic E-state index is 0.302. The Kier molecular flexibility index (Phi) is 6.63. The van der Waals surface area contributed by atoms with E-state index in [0.29, 0.717) is 24.2 Å². The summed E-state index contributed by atoms with van der Waals surface area (Å²) in [6.45, 7) is 1.22. The van der Waals surface area contributed by atoms with Crippen LogP contribution in [0.5, 0.6) is 0 Å². The van der Waals surface area contributed by atoms with Gasteiger partial charge in [-0.25, -0.2) is 9.59 Å². The highest BCUT2D eigenvalue weighted by atomic mass is 16.5. The van der Waals surface area contributed by atoms with Crippen molar-refractivity contribution in [3.05, 3.63) is 101 Å². The molecule has 3 aromatic rings. The Hall–Kier alpha value is -3.60. The normalized spacial score (nSPS) is 10.3. The first-order valence-corrected chi connectivity index (χ1v) is 9.25. The van der Waals surface area contributed by atoms with Crippen LogP contribution in [0.25, 0.3) is 0 Å². The van der Waals surface area contributed by atoms with Gasteiger partial charge >= 0.3 is 11.9 Å². The van der Waals surface area contributed by atoms with E-state index in [1.807, 2.05) is 60.7 Å². The van der Waals surface area contributed by atoms with E-state index in [-0.39, 0.29) is 0 Å². The summed E-state index contributed by atoms with van der Waals surface area (Å²) in [7, 11) is 2.64. The van der Waals surface area contributed by atoms with E-state index in [2.05, 4.69) is 4.90 Å². The molecule has 0 aliphatic rings. The van der Waals surface area contributed by atoms with Crippen LogP contribution in [0.2, 0.25) is 0 Å². The fourth-order valence-corrected chi connectivity index (χ4v) is 3.11. The van der Waals surface area contributed by atoms with Gasteiger partial charge in [-0.1, -0.05) is 60.7 Å². The average molecular weight is 389 g/mol. The molecule has 0 bridgehead atoms. The molecular weight excluding hydrogens is 366 g/mol. The first kappa shape index (κ1) is 20.1. The molecule has 0 unspecified atom stereocenters. The highest BCUT2D eigenvalue weighted by Gasteiger charge is 2.17. The van der Waals surface area contributed by atoms with E-state index < -0.39 is 11.9 Å². The van der Waals surface area contributed by atoms with Gasteiger partial charge in [0, 0.05) is 18.8 Å². The Balaban J connectivity index is 2.05. The number of benzene rings is 3. The minimum atomic E-state index is -0.503. The van der Waals surface area contributed by atoms with Gasteiger partial charge < -0.3 is 14.4 Å². The van der Waals surface area contributed by atoms with Crippen LogP contribution < -0.4 is 4.90 Å². The van der Waals surface area contributed by atoms with Gasteiger partial charge in [0.25, 0.3) is 0 Å². The fourth-order valence-electron chi connectivity index (χ4n) is 3.11. The lowest BCUT2D eigenvalue weighted by atomic mass is 10.1. The quantitative estimate of drug-likeness (QED) is 0.558. The van der Waals surface area contributed by atoms with Crippen LogP contribution in [-0.2, 0) is 22.6 Å². The fraction of sp³-hybridized carbons (Fsp3) is 0.167. The second-order valence-electron chi connectivity index (χ2n) is 6.58. The molecule has 3 aromatic carbocycles. The second kappa shape index (κ2) is 9.55. The maximum Gasteiger partial charge on any atom is 0.337 e. The summed E-state index contributed by atoms with van der Waals surface area (Å²) >= 11 is 0. The van der Waals surface area contributed by atoms with E-state index in [1.165, 1.54) is 20.3 Å². The standard InChI is InChI=1S/C24H23NO4/c1-28-23(26)20-13-21(24(27)29-2)15-22(14-20)25(16-18-9-5-3-6-10-18)17-19-11-7-4-8-12-19/h3-15H,16-17H2,1-2H3. The van der Waals surface area contributed by atoms with E-state index in [0.717, 1.165) is 16.8 Å². The molecular formula is C24H23NO4. The number of carbonyl (C=O) groups is 2. The van der Waals surface area contributed by atoms with Gasteiger partial charge in [-0.3, -0.25) is 0 Å². The van der Waals surface area contributed by atoms with Crippen molar-refractivity contribution in [1.29, 1.82) is 0 Å². The first-order valence-electron chi connectivity index (χ1n) is 9.25. The summed E-state index contributed by atoms with van der Waals surface area (Å²) in [5.41, 5.74) is 3.58. The van der Waals surface area contributed by atoms with Crippen LogP contribution in [0.3, 0.4) is 0 Å². The third-order valence-electron chi connectivity index (χ3n) is 4.56. The number of rotatable bonds is 7. The summed E-state index contributed by atoms with van der Waals surface area (Å²) in [5, 5.41) is 0. The molecule has 0 heterocycles. The number of ether oxygens (including phenoxy) is 2.